The van der Waals surface area contributed by atoms with Crippen molar-refractivity contribution < 1.29 is 9.53 Å². The van der Waals surface area contributed by atoms with E-state index >= 15 is 0 Å². The summed E-state index contributed by atoms with van der Waals surface area (Å²) in [7, 11) is 3.25. The minimum atomic E-state index is -0.111. The molecule has 2 fully saturated rings. The molecule has 0 radical (unpaired) electrons. The molecule has 0 aromatic heterocycles. The van der Waals surface area contributed by atoms with Gasteiger partial charge in [-0.1, -0.05) is 13.8 Å². The van der Waals surface area contributed by atoms with E-state index in [0.717, 1.165) is 18.4 Å². The standard InChI is InChI=1S/C13H23N3O2/c1-8-5-11(8)15-13(14-3)16-6-9(2)10(7-16)12(17)18-4/h8-11H,5-7H2,1-4H3,(H,14,15). The third-order valence-corrected chi connectivity index (χ3v) is 4.05. The normalized spacial score (nSPS) is 35.6. The van der Waals surface area contributed by atoms with E-state index in [-0.39, 0.29) is 11.9 Å². The van der Waals surface area contributed by atoms with E-state index < -0.39 is 0 Å². The number of rotatable bonds is 2. The van der Waals surface area contributed by atoms with Crippen LogP contribution in [0.3, 0.4) is 0 Å². The van der Waals surface area contributed by atoms with Crippen LogP contribution >= 0.6 is 0 Å². The summed E-state index contributed by atoms with van der Waals surface area (Å²) in [6, 6.07) is 0.552. The molecule has 2 aliphatic rings. The van der Waals surface area contributed by atoms with Crippen molar-refractivity contribution in [2.45, 2.75) is 26.3 Å². The lowest BCUT2D eigenvalue weighted by Gasteiger charge is -2.21. The number of hydrogen-bond donors (Lipinski definition) is 1. The number of hydrogen-bond acceptors (Lipinski definition) is 3. The van der Waals surface area contributed by atoms with E-state index in [4.69, 9.17) is 4.74 Å². The summed E-state index contributed by atoms with van der Waals surface area (Å²) in [5.74, 6) is 1.82. The number of nitrogens with zero attached hydrogens (tertiary/aromatic N) is 2. The van der Waals surface area contributed by atoms with Gasteiger partial charge in [0.15, 0.2) is 5.96 Å². The van der Waals surface area contributed by atoms with Gasteiger partial charge in [-0.15, -0.1) is 0 Å². The molecule has 1 aliphatic carbocycles. The van der Waals surface area contributed by atoms with E-state index in [2.05, 4.69) is 29.1 Å². The number of guanidine groups is 1. The van der Waals surface area contributed by atoms with E-state index in [1.165, 1.54) is 13.5 Å². The van der Waals surface area contributed by atoms with Crippen molar-refractivity contribution in [1.29, 1.82) is 0 Å². The molecule has 0 spiro atoms. The molecule has 1 heterocycles. The molecule has 1 saturated carbocycles. The minimum Gasteiger partial charge on any atom is -0.469 e. The van der Waals surface area contributed by atoms with Crippen molar-refractivity contribution in [2.75, 3.05) is 27.2 Å². The molecule has 5 heteroatoms. The lowest BCUT2D eigenvalue weighted by molar-refractivity contribution is -0.145. The molecule has 102 valence electrons. The Kier molecular flexibility index (Phi) is 3.78. The van der Waals surface area contributed by atoms with E-state index in [0.29, 0.717) is 18.5 Å². The highest BCUT2D eigenvalue weighted by Gasteiger charge is 2.39. The van der Waals surface area contributed by atoms with Gasteiger partial charge in [0, 0.05) is 26.2 Å². The van der Waals surface area contributed by atoms with Gasteiger partial charge in [0.1, 0.15) is 0 Å². The van der Waals surface area contributed by atoms with Gasteiger partial charge < -0.3 is 15.0 Å². The second-order valence-corrected chi connectivity index (χ2v) is 5.52. The second-order valence-electron chi connectivity index (χ2n) is 5.52. The Morgan fingerprint density at radius 2 is 2.00 bits per heavy atom. The fourth-order valence-electron chi connectivity index (χ4n) is 2.58. The summed E-state index contributed by atoms with van der Waals surface area (Å²) < 4.78 is 4.85. The third kappa shape index (κ3) is 2.60. The highest BCUT2D eigenvalue weighted by molar-refractivity contribution is 5.82. The van der Waals surface area contributed by atoms with Crippen LogP contribution in [0.15, 0.2) is 4.99 Å². The van der Waals surface area contributed by atoms with Gasteiger partial charge in [-0.2, -0.15) is 0 Å². The van der Waals surface area contributed by atoms with Crippen LogP contribution in [0.4, 0.5) is 0 Å². The summed E-state index contributed by atoms with van der Waals surface area (Å²) in [5, 5.41) is 3.45. The van der Waals surface area contributed by atoms with E-state index in [9.17, 15) is 4.79 Å². The first kappa shape index (κ1) is 13.2. The average Bonchev–Trinajstić information content (AvgIpc) is 2.91. The Hall–Kier alpha value is -1.26. The summed E-state index contributed by atoms with van der Waals surface area (Å²) in [6.07, 6.45) is 1.21. The Labute approximate surface area is 109 Å². The van der Waals surface area contributed by atoms with Crippen LogP contribution in [-0.4, -0.2) is 50.1 Å². The molecule has 0 aromatic rings. The summed E-state index contributed by atoms with van der Waals surface area (Å²) >= 11 is 0. The molecule has 2 rings (SSSR count). The summed E-state index contributed by atoms with van der Waals surface area (Å²) in [4.78, 5) is 18.1. The van der Waals surface area contributed by atoms with Crippen LogP contribution in [0.2, 0.25) is 0 Å². The molecule has 18 heavy (non-hydrogen) atoms. The number of methoxy groups -OCH3 is 1. The van der Waals surface area contributed by atoms with Gasteiger partial charge in [0.05, 0.1) is 13.0 Å². The Bertz CT molecular complexity index is 356. The van der Waals surface area contributed by atoms with Crippen molar-refractivity contribution in [3.05, 3.63) is 0 Å². The van der Waals surface area contributed by atoms with Gasteiger partial charge in [0.25, 0.3) is 0 Å². The average molecular weight is 253 g/mol. The monoisotopic (exact) mass is 253 g/mol. The van der Waals surface area contributed by atoms with Crippen molar-refractivity contribution in [1.82, 2.24) is 10.2 Å². The first-order valence-electron chi connectivity index (χ1n) is 6.63. The number of likely N-dealkylation sites (tertiary alicyclic amines) is 1. The molecule has 0 amide bonds. The van der Waals surface area contributed by atoms with Gasteiger partial charge in [-0.25, -0.2) is 0 Å². The van der Waals surface area contributed by atoms with Gasteiger partial charge >= 0.3 is 5.97 Å². The topological polar surface area (TPSA) is 53.9 Å². The maximum absolute atomic E-state index is 11.7. The molecule has 5 nitrogen and oxygen atoms in total. The van der Waals surface area contributed by atoms with Crippen LogP contribution in [0, 0.1) is 17.8 Å². The highest BCUT2D eigenvalue weighted by atomic mass is 16.5. The fraction of sp³-hybridized carbons (Fsp3) is 0.846. The smallest absolute Gasteiger partial charge is 0.310 e. The predicted octanol–water partition coefficient (Wildman–Crippen LogP) is 0.711. The molecule has 4 unspecified atom stereocenters. The lowest BCUT2D eigenvalue weighted by Crippen LogP contribution is -2.42. The Morgan fingerprint density at radius 3 is 2.50 bits per heavy atom. The first-order valence-corrected chi connectivity index (χ1v) is 6.63. The van der Waals surface area contributed by atoms with E-state index in [1.807, 2.05) is 0 Å². The molecule has 0 bridgehead atoms. The van der Waals surface area contributed by atoms with Gasteiger partial charge in [-0.3, -0.25) is 9.79 Å². The molecule has 0 aromatic carbocycles. The van der Waals surface area contributed by atoms with Crippen LogP contribution in [0.25, 0.3) is 0 Å². The zero-order valence-electron chi connectivity index (χ0n) is 11.6. The highest BCUT2D eigenvalue weighted by Crippen LogP contribution is 2.30. The molecular formula is C13H23N3O2. The zero-order valence-corrected chi connectivity index (χ0v) is 11.6. The van der Waals surface area contributed by atoms with Crippen molar-refractivity contribution in [3.8, 4) is 0 Å². The van der Waals surface area contributed by atoms with Crippen molar-refractivity contribution in [2.24, 2.45) is 22.7 Å². The van der Waals surface area contributed by atoms with E-state index in [1.54, 1.807) is 7.05 Å². The quantitative estimate of drug-likeness (QED) is 0.447. The van der Waals surface area contributed by atoms with Crippen LogP contribution in [0.1, 0.15) is 20.3 Å². The predicted molar refractivity (Wildman–Crippen MR) is 70.3 cm³/mol. The zero-order chi connectivity index (χ0) is 13.3. The number of aliphatic imine (C=N–C) groups is 1. The van der Waals surface area contributed by atoms with Crippen LogP contribution in [0.5, 0.6) is 0 Å². The van der Waals surface area contributed by atoms with Gasteiger partial charge in [0.2, 0.25) is 0 Å². The number of esters is 1. The SMILES string of the molecule is CN=C(NC1CC1C)N1CC(C)C(C(=O)OC)C1. The minimum absolute atomic E-state index is 0.0369. The number of ether oxygens (including phenoxy) is 1. The molecule has 4 atom stereocenters. The second kappa shape index (κ2) is 5.16. The maximum Gasteiger partial charge on any atom is 0.310 e. The van der Waals surface area contributed by atoms with Crippen LogP contribution in [-0.2, 0) is 9.53 Å². The summed E-state index contributed by atoms with van der Waals surface area (Å²) in [6.45, 7) is 5.89. The molecule has 1 saturated heterocycles. The summed E-state index contributed by atoms with van der Waals surface area (Å²) in [5.41, 5.74) is 0. The van der Waals surface area contributed by atoms with Gasteiger partial charge in [-0.05, 0) is 18.3 Å². The fourth-order valence-corrected chi connectivity index (χ4v) is 2.58. The van der Waals surface area contributed by atoms with Crippen molar-refractivity contribution in [3.63, 3.8) is 0 Å². The Balaban J connectivity index is 1.95. The molecular weight excluding hydrogens is 230 g/mol. The Morgan fingerprint density at radius 1 is 1.33 bits per heavy atom. The number of nitrogens with one attached hydrogen (secondary N) is 1. The largest absolute Gasteiger partial charge is 0.469 e. The number of carbonyl (C=O) groups is 1. The maximum atomic E-state index is 11.7. The lowest BCUT2D eigenvalue weighted by atomic mass is 9.99. The molecule has 1 N–H and O–H groups in total. The first-order chi connectivity index (χ1) is 8.56. The third-order valence-electron chi connectivity index (χ3n) is 4.05. The van der Waals surface area contributed by atoms with Crippen molar-refractivity contribution >= 4 is 11.9 Å². The molecule has 1 aliphatic heterocycles. The number of carbonyl (C=O) groups excluding carboxylic acids is 1. The van der Waals surface area contributed by atoms with Crippen LogP contribution < -0.4 is 5.32 Å².